The largest absolute Gasteiger partial charge is 0.473 e. The summed E-state index contributed by atoms with van der Waals surface area (Å²) in [5, 5.41) is 19.5. The number of carboxylic acid groups (broad SMARTS) is 2. The van der Waals surface area contributed by atoms with E-state index in [-0.39, 0.29) is 0 Å². The zero-order chi connectivity index (χ0) is 22.8. The van der Waals surface area contributed by atoms with Gasteiger partial charge in [-0.2, -0.15) is 0 Å². The fourth-order valence-corrected chi connectivity index (χ4v) is 3.42. The van der Waals surface area contributed by atoms with Crippen molar-refractivity contribution in [3.8, 4) is 17.0 Å². The summed E-state index contributed by atoms with van der Waals surface area (Å²) < 4.78 is 8.11. The number of ether oxygens (including phenoxy) is 1. The van der Waals surface area contributed by atoms with Crippen LogP contribution in [0.25, 0.3) is 11.1 Å². The SMILES string of the molecule is O=C(O)C(=O)O.c1ccc(COc2nn(CCN3CCCC3)cc2-c2ccccc2)cc1. The average molecular weight is 437 g/mol. The summed E-state index contributed by atoms with van der Waals surface area (Å²) in [4.78, 5) is 20.7. The molecule has 4 rings (SSSR count). The van der Waals surface area contributed by atoms with E-state index < -0.39 is 11.9 Å². The van der Waals surface area contributed by atoms with E-state index in [2.05, 4.69) is 47.5 Å². The number of carboxylic acids is 2. The predicted molar refractivity (Wildman–Crippen MR) is 119 cm³/mol. The summed E-state index contributed by atoms with van der Waals surface area (Å²) in [6.45, 7) is 4.90. The van der Waals surface area contributed by atoms with E-state index in [0.717, 1.165) is 29.8 Å². The fourth-order valence-electron chi connectivity index (χ4n) is 3.42. The van der Waals surface area contributed by atoms with Crippen LogP contribution in [0.1, 0.15) is 18.4 Å². The van der Waals surface area contributed by atoms with Gasteiger partial charge < -0.3 is 19.8 Å². The molecule has 2 heterocycles. The van der Waals surface area contributed by atoms with E-state index in [1.165, 1.54) is 25.9 Å². The second-order valence-electron chi connectivity index (χ2n) is 7.41. The molecular formula is C24H27N3O5. The minimum Gasteiger partial charge on any atom is -0.473 e. The average Bonchev–Trinajstić information content (AvgIpc) is 3.48. The second-order valence-corrected chi connectivity index (χ2v) is 7.41. The summed E-state index contributed by atoms with van der Waals surface area (Å²) in [6.07, 6.45) is 4.76. The van der Waals surface area contributed by atoms with Crippen molar-refractivity contribution >= 4 is 11.9 Å². The molecule has 0 amide bonds. The number of likely N-dealkylation sites (tertiary alicyclic amines) is 1. The van der Waals surface area contributed by atoms with Gasteiger partial charge in [-0.1, -0.05) is 60.7 Å². The van der Waals surface area contributed by atoms with Gasteiger partial charge in [0.25, 0.3) is 0 Å². The summed E-state index contributed by atoms with van der Waals surface area (Å²) in [6, 6.07) is 20.6. The molecular weight excluding hydrogens is 410 g/mol. The van der Waals surface area contributed by atoms with Crippen LogP contribution in [0, 0.1) is 0 Å². The van der Waals surface area contributed by atoms with Gasteiger partial charge in [0, 0.05) is 12.7 Å². The van der Waals surface area contributed by atoms with E-state index in [1.807, 2.05) is 28.9 Å². The van der Waals surface area contributed by atoms with E-state index in [9.17, 15) is 0 Å². The second kappa shape index (κ2) is 11.7. The zero-order valence-corrected chi connectivity index (χ0v) is 17.8. The quantitative estimate of drug-likeness (QED) is 0.546. The maximum Gasteiger partial charge on any atom is 0.414 e. The molecule has 8 heteroatoms. The van der Waals surface area contributed by atoms with Crippen LogP contribution in [-0.2, 0) is 22.7 Å². The maximum absolute atomic E-state index is 9.10. The highest BCUT2D eigenvalue weighted by molar-refractivity contribution is 6.27. The molecule has 0 radical (unpaired) electrons. The third-order valence-electron chi connectivity index (χ3n) is 5.06. The number of nitrogens with zero attached hydrogens (tertiary/aromatic N) is 3. The number of hydrogen-bond donors (Lipinski definition) is 2. The number of benzene rings is 2. The van der Waals surface area contributed by atoms with Crippen LogP contribution >= 0.6 is 0 Å². The van der Waals surface area contributed by atoms with Crippen LogP contribution in [-0.4, -0.2) is 56.5 Å². The lowest BCUT2D eigenvalue weighted by atomic mass is 10.1. The highest BCUT2D eigenvalue weighted by Gasteiger charge is 2.15. The normalized spacial score (nSPS) is 13.2. The third kappa shape index (κ3) is 6.95. The molecule has 0 bridgehead atoms. The van der Waals surface area contributed by atoms with E-state index >= 15 is 0 Å². The zero-order valence-electron chi connectivity index (χ0n) is 17.8. The number of aromatic nitrogens is 2. The molecule has 32 heavy (non-hydrogen) atoms. The molecule has 8 nitrogen and oxygen atoms in total. The Hall–Kier alpha value is -3.65. The Morgan fingerprint density at radius 3 is 2.06 bits per heavy atom. The van der Waals surface area contributed by atoms with Crippen molar-refractivity contribution in [2.24, 2.45) is 0 Å². The summed E-state index contributed by atoms with van der Waals surface area (Å²) in [5.41, 5.74) is 3.35. The minimum absolute atomic E-state index is 0.532. The van der Waals surface area contributed by atoms with Crippen molar-refractivity contribution in [3.63, 3.8) is 0 Å². The standard InChI is InChI=1S/C22H25N3O.C2H2O4/c1-3-9-19(10-4-1)18-26-22-21(20-11-5-2-6-12-20)17-25(23-22)16-15-24-13-7-8-14-24;3-1(4)2(5)6/h1-6,9-12,17H,7-8,13-16,18H2;(H,3,4)(H,5,6). The number of hydrogen-bond acceptors (Lipinski definition) is 5. The van der Waals surface area contributed by atoms with Crippen LogP contribution in [0.3, 0.4) is 0 Å². The Kier molecular flexibility index (Phi) is 8.39. The van der Waals surface area contributed by atoms with Crippen LogP contribution in [0.4, 0.5) is 0 Å². The predicted octanol–water partition coefficient (Wildman–Crippen LogP) is 3.38. The Balaban J connectivity index is 0.000000427. The molecule has 1 aliphatic heterocycles. The van der Waals surface area contributed by atoms with E-state index in [0.29, 0.717) is 12.5 Å². The third-order valence-corrected chi connectivity index (χ3v) is 5.06. The summed E-state index contributed by atoms with van der Waals surface area (Å²) in [7, 11) is 0. The smallest absolute Gasteiger partial charge is 0.414 e. The maximum atomic E-state index is 9.10. The minimum atomic E-state index is -1.82. The summed E-state index contributed by atoms with van der Waals surface area (Å²) >= 11 is 0. The molecule has 2 N–H and O–H groups in total. The fraction of sp³-hybridized carbons (Fsp3) is 0.292. The van der Waals surface area contributed by atoms with E-state index in [4.69, 9.17) is 29.6 Å². The molecule has 1 aromatic heterocycles. The van der Waals surface area contributed by atoms with Gasteiger partial charge in [0.15, 0.2) is 0 Å². The molecule has 1 saturated heterocycles. The van der Waals surface area contributed by atoms with Gasteiger partial charge in [-0.05, 0) is 37.1 Å². The topological polar surface area (TPSA) is 105 Å². The van der Waals surface area contributed by atoms with Crippen LogP contribution < -0.4 is 4.74 Å². The van der Waals surface area contributed by atoms with Gasteiger partial charge in [0.2, 0.25) is 5.88 Å². The number of rotatable bonds is 7. The Bertz CT molecular complexity index is 987. The Morgan fingerprint density at radius 2 is 1.47 bits per heavy atom. The van der Waals surface area contributed by atoms with Crippen molar-refractivity contribution < 1.29 is 24.5 Å². The molecule has 0 spiro atoms. The van der Waals surface area contributed by atoms with Crippen molar-refractivity contribution in [1.82, 2.24) is 14.7 Å². The molecule has 2 aromatic carbocycles. The van der Waals surface area contributed by atoms with Gasteiger partial charge in [-0.15, -0.1) is 5.10 Å². The van der Waals surface area contributed by atoms with Crippen molar-refractivity contribution in [2.45, 2.75) is 26.0 Å². The van der Waals surface area contributed by atoms with Gasteiger partial charge in [0.05, 0.1) is 12.1 Å². The molecule has 0 unspecified atom stereocenters. The van der Waals surface area contributed by atoms with Crippen LogP contribution in [0.5, 0.6) is 5.88 Å². The van der Waals surface area contributed by atoms with Gasteiger partial charge in [-0.3, -0.25) is 4.68 Å². The molecule has 1 aliphatic rings. The molecule has 0 atom stereocenters. The first-order valence-corrected chi connectivity index (χ1v) is 10.5. The van der Waals surface area contributed by atoms with Crippen molar-refractivity contribution in [3.05, 3.63) is 72.4 Å². The number of carbonyl (C=O) groups is 2. The van der Waals surface area contributed by atoms with Crippen LogP contribution in [0.15, 0.2) is 66.9 Å². The first kappa shape index (κ1) is 23.0. The first-order chi connectivity index (χ1) is 15.5. The molecule has 1 fully saturated rings. The number of aliphatic carboxylic acids is 2. The van der Waals surface area contributed by atoms with Crippen molar-refractivity contribution in [2.75, 3.05) is 19.6 Å². The van der Waals surface area contributed by atoms with Gasteiger partial charge in [0.1, 0.15) is 6.61 Å². The van der Waals surface area contributed by atoms with Gasteiger partial charge >= 0.3 is 11.9 Å². The van der Waals surface area contributed by atoms with Crippen molar-refractivity contribution in [1.29, 1.82) is 0 Å². The lowest BCUT2D eigenvalue weighted by molar-refractivity contribution is -0.159. The Morgan fingerprint density at radius 1 is 0.875 bits per heavy atom. The lowest BCUT2D eigenvalue weighted by Gasteiger charge is -2.13. The molecule has 0 aliphatic carbocycles. The van der Waals surface area contributed by atoms with E-state index in [1.54, 1.807) is 0 Å². The summed E-state index contributed by atoms with van der Waals surface area (Å²) in [5.74, 6) is -2.94. The first-order valence-electron chi connectivity index (χ1n) is 10.5. The molecule has 0 saturated carbocycles. The highest BCUT2D eigenvalue weighted by atomic mass is 16.5. The molecule has 3 aromatic rings. The highest BCUT2D eigenvalue weighted by Crippen LogP contribution is 2.29. The Labute approximate surface area is 186 Å². The van der Waals surface area contributed by atoms with Gasteiger partial charge in [-0.25, -0.2) is 9.59 Å². The monoisotopic (exact) mass is 437 g/mol. The molecule has 168 valence electrons. The lowest BCUT2D eigenvalue weighted by Crippen LogP contribution is -2.24. The van der Waals surface area contributed by atoms with Crippen LogP contribution in [0.2, 0.25) is 0 Å².